The molecule has 0 saturated heterocycles. The number of nitrogens with one attached hydrogen (secondary N) is 1. The van der Waals surface area contributed by atoms with E-state index in [-0.39, 0.29) is 17.1 Å². The van der Waals surface area contributed by atoms with Crippen LogP contribution in [0, 0.1) is 12.7 Å². The molecule has 21 heavy (non-hydrogen) atoms. The van der Waals surface area contributed by atoms with Crippen LogP contribution < -0.4 is 4.72 Å². The molecule has 0 unspecified atom stereocenters. The Hall–Kier alpha value is -1.43. The van der Waals surface area contributed by atoms with Crippen molar-refractivity contribution in [2.45, 2.75) is 19.2 Å². The molecule has 0 bridgehead atoms. The van der Waals surface area contributed by atoms with E-state index in [1.54, 1.807) is 0 Å². The van der Waals surface area contributed by atoms with Crippen LogP contribution in [0.1, 0.15) is 16.7 Å². The average Bonchev–Trinajstić information content (AvgIpc) is 2.42. The number of benzene rings is 2. The highest BCUT2D eigenvalue weighted by Crippen LogP contribution is 2.21. The van der Waals surface area contributed by atoms with Gasteiger partial charge < -0.3 is 0 Å². The van der Waals surface area contributed by atoms with Gasteiger partial charge >= 0.3 is 0 Å². The predicted octanol–water partition coefficient (Wildman–Crippen LogP) is 3.41. The lowest BCUT2D eigenvalue weighted by atomic mass is 10.1. The minimum atomic E-state index is -3.67. The van der Waals surface area contributed by atoms with Crippen molar-refractivity contribution in [3.8, 4) is 0 Å². The Morgan fingerprint density at radius 3 is 2.52 bits per heavy atom. The minimum absolute atomic E-state index is 0.0172. The van der Waals surface area contributed by atoms with Crippen LogP contribution in [-0.4, -0.2) is 8.42 Å². The van der Waals surface area contributed by atoms with Gasteiger partial charge in [0.25, 0.3) is 0 Å². The first kappa shape index (κ1) is 15.9. The van der Waals surface area contributed by atoms with Crippen LogP contribution in [0.3, 0.4) is 0 Å². The summed E-state index contributed by atoms with van der Waals surface area (Å²) in [6.45, 7) is 2.07. The number of aryl methyl sites for hydroxylation is 1. The van der Waals surface area contributed by atoms with Gasteiger partial charge in [-0.05, 0) is 30.2 Å². The van der Waals surface area contributed by atoms with Gasteiger partial charge in [-0.2, -0.15) is 0 Å². The molecular formula is C15H15ClFNO2S. The Bertz CT molecular complexity index is 727. The van der Waals surface area contributed by atoms with Crippen LogP contribution in [0.4, 0.5) is 4.39 Å². The lowest BCUT2D eigenvalue weighted by Crippen LogP contribution is -2.25. The molecular weight excluding hydrogens is 313 g/mol. The minimum Gasteiger partial charge on any atom is -0.212 e. The molecule has 0 radical (unpaired) electrons. The van der Waals surface area contributed by atoms with Crippen molar-refractivity contribution in [1.82, 2.24) is 4.72 Å². The normalized spacial score (nSPS) is 11.6. The van der Waals surface area contributed by atoms with Gasteiger partial charge in [0.05, 0.1) is 5.75 Å². The fourth-order valence-corrected chi connectivity index (χ4v) is 3.37. The number of hydrogen-bond donors (Lipinski definition) is 1. The Morgan fingerprint density at radius 1 is 1.14 bits per heavy atom. The van der Waals surface area contributed by atoms with E-state index >= 15 is 0 Å². The van der Waals surface area contributed by atoms with Gasteiger partial charge in [0.1, 0.15) is 5.82 Å². The molecule has 2 rings (SSSR count). The molecule has 0 heterocycles. The fraction of sp³-hybridized carbons (Fsp3) is 0.200. The van der Waals surface area contributed by atoms with E-state index in [0.717, 1.165) is 11.1 Å². The van der Waals surface area contributed by atoms with Crippen molar-refractivity contribution in [2.24, 2.45) is 0 Å². The van der Waals surface area contributed by atoms with Crippen molar-refractivity contribution in [1.29, 1.82) is 0 Å². The zero-order valence-corrected chi connectivity index (χ0v) is 13.0. The largest absolute Gasteiger partial charge is 0.216 e. The van der Waals surface area contributed by atoms with Crippen LogP contribution in [0.25, 0.3) is 0 Å². The Morgan fingerprint density at radius 2 is 1.86 bits per heavy atom. The summed E-state index contributed by atoms with van der Waals surface area (Å²) in [5.41, 5.74) is 1.85. The topological polar surface area (TPSA) is 46.2 Å². The summed E-state index contributed by atoms with van der Waals surface area (Å²) in [4.78, 5) is 0. The Balaban J connectivity index is 2.11. The average molecular weight is 328 g/mol. The first-order valence-electron chi connectivity index (χ1n) is 6.34. The summed E-state index contributed by atoms with van der Waals surface area (Å²) in [6.07, 6.45) is 0. The van der Waals surface area contributed by atoms with E-state index in [1.165, 1.54) is 18.2 Å². The van der Waals surface area contributed by atoms with Gasteiger partial charge in [-0.3, -0.25) is 0 Å². The van der Waals surface area contributed by atoms with Gasteiger partial charge in [0.15, 0.2) is 0 Å². The fourth-order valence-electron chi connectivity index (χ4n) is 1.91. The second kappa shape index (κ2) is 6.56. The van der Waals surface area contributed by atoms with Crippen LogP contribution in [0.5, 0.6) is 0 Å². The van der Waals surface area contributed by atoms with Gasteiger partial charge in [0.2, 0.25) is 10.0 Å². The molecule has 0 saturated carbocycles. The molecule has 0 aliphatic carbocycles. The van der Waals surface area contributed by atoms with Crippen molar-refractivity contribution < 1.29 is 12.8 Å². The lowest BCUT2D eigenvalue weighted by Gasteiger charge is -2.10. The standard InChI is InChI=1S/C15H15ClFNO2S/c1-11-5-2-3-6-12(11)9-18-21(19,20)10-13-14(16)7-4-8-15(13)17/h2-8,18H,9-10H2,1H3. The van der Waals surface area contributed by atoms with E-state index in [1.807, 2.05) is 31.2 Å². The van der Waals surface area contributed by atoms with E-state index < -0.39 is 21.6 Å². The third-order valence-electron chi connectivity index (χ3n) is 3.14. The van der Waals surface area contributed by atoms with Crippen molar-refractivity contribution in [3.05, 3.63) is 70.0 Å². The molecule has 0 spiro atoms. The summed E-state index contributed by atoms with van der Waals surface area (Å²) in [7, 11) is -3.67. The summed E-state index contributed by atoms with van der Waals surface area (Å²) < 4.78 is 40.2. The van der Waals surface area contributed by atoms with E-state index in [9.17, 15) is 12.8 Å². The first-order valence-corrected chi connectivity index (χ1v) is 8.37. The van der Waals surface area contributed by atoms with E-state index in [4.69, 9.17) is 11.6 Å². The van der Waals surface area contributed by atoms with Crippen molar-refractivity contribution in [3.63, 3.8) is 0 Å². The van der Waals surface area contributed by atoms with Gasteiger partial charge in [-0.15, -0.1) is 0 Å². The Kier molecular flexibility index (Phi) is 4.98. The quantitative estimate of drug-likeness (QED) is 0.914. The van der Waals surface area contributed by atoms with Crippen LogP contribution in [-0.2, 0) is 22.3 Å². The zero-order chi connectivity index (χ0) is 15.5. The maximum Gasteiger partial charge on any atom is 0.216 e. The molecule has 0 aromatic heterocycles. The number of halogens is 2. The smallest absolute Gasteiger partial charge is 0.212 e. The van der Waals surface area contributed by atoms with Crippen LogP contribution >= 0.6 is 11.6 Å². The Labute approximate surface area is 128 Å². The highest BCUT2D eigenvalue weighted by Gasteiger charge is 2.17. The second-order valence-corrected chi connectivity index (χ2v) is 6.92. The summed E-state index contributed by atoms with van der Waals surface area (Å²) in [6, 6.07) is 11.6. The van der Waals surface area contributed by atoms with Crippen molar-refractivity contribution in [2.75, 3.05) is 0 Å². The highest BCUT2D eigenvalue weighted by molar-refractivity contribution is 7.88. The number of sulfonamides is 1. The van der Waals surface area contributed by atoms with Crippen molar-refractivity contribution >= 4 is 21.6 Å². The van der Waals surface area contributed by atoms with Gasteiger partial charge in [0, 0.05) is 17.1 Å². The maximum absolute atomic E-state index is 13.6. The summed E-state index contributed by atoms with van der Waals surface area (Å²) in [5, 5.41) is 0.108. The molecule has 0 aliphatic heterocycles. The molecule has 6 heteroatoms. The number of hydrogen-bond acceptors (Lipinski definition) is 2. The number of rotatable bonds is 5. The molecule has 0 atom stereocenters. The SMILES string of the molecule is Cc1ccccc1CNS(=O)(=O)Cc1c(F)cccc1Cl. The predicted molar refractivity (Wildman–Crippen MR) is 82.1 cm³/mol. The van der Waals surface area contributed by atoms with Crippen LogP contribution in [0.15, 0.2) is 42.5 Å². The maximum atomic E-state index is 13.6. The van der Waals surface area contributed by atoms with E-state index in [2.05, 4.69) is 4.72 Å². The summed E-state index contributed by atoms with van der Waals surface area (Å²) >= 11 is 5.85. The van der Waals surface area contributed by atoms with Gasteiger partial charge in [-0.25, -0.2) is 17.5 Å². The third kappa shape index (κ3) is 4.27. The molecule has 0 aliphatic rings. The molecule has 1 N–H and O–H groups in total. The molecule has 112 valence electrons. The van der Waals surface area contributed by atoms with E-state index in [0.29, 0.717) is 0 Å². The monoisotopic (exact) mass is 327 g/mol. The molecule has 2 aromatic rings. The lowest BCUT2D eigenvalue weighted by molar-refractivity contribution is 0.574. The molecule has 2 aromatic carbocycles. The second-order valence-electron chi connectivity index (χ2n) is 4.71. The third-order valence-corrected chi connectivity index (χ3v) is 4.75. The summed E-state index contributed by atoms with van der Waals surface area (Å²) in [5.74, 6) is -1.10. The molecule has 0 amide bonds. The molecule has 0 fully saturated rings. The zero-order valence-electron chi connectivity index (χ0n) is 11.4. The van der Waals surface area contributed by atoms with Crippen LogP contribution in [0.2, 0.25) is 5.02 Å². The first-order chi connectivity index (χ1) is 9.89. The molecule has 3 nitrogen and oxygen atoms in total. The highest BCUT2D eigenvalue weighted by atomic mass is 35.5. The van der Waals surface area contributed by atoms with Gasteiger partial charge in [-0.1, -0.05) is 41.9 Å².